The van der Waals surface area contributed by atoms with Crippen LogP contribution in [-0.4, -0.2) is 37.1 Å². The Bertz CT molecular complexity index is 1010. The molecule has 0 amide bonds. The van der Waals surface area contributed by atoms with E-state index in [2.05, 4.69) is 19.9 Å². The highest BCUT2D eigenvalue weighted by molar-refractivity contribution is 7.98. The molecule has 2 aromatic rings. The Labute approximate surface area is 185 Å². The number of aryl methyl sites for hydroxylation is 1. The molecule has 0 spiro atoms. The molecule has 31 heavy (non-hydrogen) atoms. The van der Waals surface area contributed by atoms with Crippen LogP contribution in [0, 0.1) is 18.6 Å². The highest BCUT2D eigenvalue weighted by Gasteiger charge is 2.23. The average molecular weight is 448 g/mol. The summed E-state index contributed by atoms with van der Waals surface area (Å²) in [7, 11) is 1.92. The van der Waals surface area contributed by atoms with Crippen molar-refractivity contribution in [2.75, 3.05) is 30.4 Å². The van der Waals surface area contributed by atoms with Crippen molar-refractivity contribution in [1.82, 2.24) is 5.32 Å². The van der Waals surface area contributed by atoms with E-state index >= 15 is 0 Å². The molecule has 0 aliphatic carbocycles. The van der Waals surface area contributed by atoms with E-state index in [0.717, 1.165) is 42.7 Å². The van der Waals surface area contributed by atoms with Crippen molar-refractivity contribution in [3.05, 3.63) is 59.4 Å². The van der Waals surface area contributed by atoms with Gasteiger partial charge in [0.1, 0.15) is 17.5 Å². The lowest BCUT2D eigenvalue weighted by atomic mass is 10.1. The van der Waals surface area contributed by atoms with Crippen LogP contribution in [0.5, 0.6) is 0 Å². The first kappa shape index (κ1) is 22.9. The number of anilines is 3. The summed E-state index contributed by atoms with van der Waals surface area (Å²) in [5, 5.41) is 15.7. The number of aliphatic hydroxyl groups is 1. The van der Waals surface area contributed by atoms with E-state index in [1.807, 2.05) is 14.0 Å². The smallest absolute Gasteiger partial charge is 0.140 e. The van der Waals surface area contributed by atoms with E-state index in [9.17, 15) is 13.9 Å². The number of rotatable bonds is 7. The highest BCUT2D eigenvalue weighted by atomic mass is 32.2. The second-order valence-corrected chi connectivity index (χ2v) is 8.30. The molecule has 2 aromatic carbocycles. The molecule has 1 saturated heterocycles. The predicted molar refractivity (Wildman–Crippen MR) is 124 cm³/mol. The minimum Gasteiger partial charge on any atom is -0.512 e. The van der Waals surface area contributed by atoms with E-state index in [1.165, 1.54) is 31.2 Å². The van der Waals surface area contributed by atoms with Gasteiger partial charge in [0.15, 0.2) is 0 Å². The van der Waals surface area contributed by atoms with E-state index in [4.69, 9.17) is 5.73 Å². The van der Waals surface area contributed by atoms with Crippen molar-refractivity contribution < 1.29 is 13.9 Å². The van der Waals surface area contributed by atoms with Gasteiger partial charge in [-0.15, -0.1) is 0 Å². The minimum absolute atomic E-state index is 0.0205. The summed E-state index contributed by atoms with van der Waals surface area (Å²) in [6.45, 7) is 4.92. The Morgan fingerprint density at radius 3 is 2.74 bits per heavy atom. The molecular formula is C22H27F2N5OS. The highest BCUT2D eigenvalue weighted by Crippen LogP contribution is 2.35. The number of nitrogens with zero attached hydrogens (tertiary/aromatic N) is 2. The largest absolute Gasteiger partial charge is 0.512 e. The van der Waals surface area contributed by atoms with Crippen LogP contribution in [0.1, 0.15) is 18.9 Å². The maximum Gasteiger partial charge on any atom is 0.140 e. The molecule has 1 unspecified atom stereocenters. The molecule has 9 heteroatoms. The number of allylic oxidation sites excluding steroid dienone is 1. The molecule has 1 aliphatic heterocycles. The fourth-order valence-electron chi connectivity index (χ4n) is 3.43. The van der Waals surface area contributed by atoms with Gasteiger partial charge in [-0.25, -0.2) is 8.78 Å². The lowest BCUT2D eigenvalue weighted by Crippen LogP contribution is -2.29. The van der Waals surface area contributed by atoms with Crippen molar-refractivity contribution in [2.45, 2.75) is 31.2 Å². The summed E-state index contributed by atoms with van der Waals surface area (Å²) >= 11 is 0.894. The molecule has 0 bridgehead atoms. The van der Waals surface area contributed by atoms with Gasteiger partial charge < -0.3 is 26.4 Å². The van der Waals surface area contributed by atoms with Gasteiger partial charge in [-0.3, -0.25) is 0 Å². The van der Waals surface area contributed by atoms with Crippen molar-refractivity contribution in [3.63, 3.8) is 0 Å². The Morgan fingerprint density at radius 2 is 2.06 bits per heavy atom. The van der Waals surface area contributed by atoms with Gasteiger partial charge >= 0.3 is 0 Å². The standard InChI is InChI=1S/C22H27F2N5OS/c1-13-8-21(31-28-22(25)9-14(2)30)17(24)11-19(13)27-18-5-4-15(23)10-20(18)29-7-6-16(12-29)26-3/h4-5,8-11,16,26-27,30H,6-7,12H2,1-3H3,(H2,25,28)/b14-9-. The molecule has 6 nitrogen and oxygen atoms in total. The molecule has 0 aromatic heterocycles. The van der Waals surface area contributed by atoms with Crippen LogP contribution in [0.3, 0.4) is 0 Å². The van der Waals surface area contributed by atoms with Crippen molar-refractivity contribution in [2.24, 2.45) is 10.1 Å². The van der Waals surface area contributed by atoms with Gasteiger partial charge in [-0.05, 0) is 63.2 Å². The Balaban J connectivity index is 1.84. The van der Waals surface area contributed by atoms with Gasteiger partial charge in [0.05, 0.1) is 22.0 Å². The fourth-order valence-corrected chi connectivity index (χ4v) is 4.07. The SMILES string of the molecule is CNC1CCN(c2cc(F)ccc2Nc2cc(F)c(SN=C(N)/C=C(/C)O)cc2C)C1. The first-order valence-corrected chi connectivity index (χ1v) is 10.7. The molecule has 3 rings (SSSR count). The summed E-state index contributed by atoms with van der Waals surface area (Å²) < 4.78 is 32.7. The van der Waals surface area contributed by atoms with Gasteiger partial charge in [0.25, 0.3) is 0 Å². The monoisotopic (exact) mass is 447 g/mol. The Hall–Kier alpha value is -2.78. The quantitative estimate of drug-likeness (QED) is 0.214. The summed E-state index contributed by atoms with van der Waals surface area (Å²) in [4.78, 5) is 2.43. The summed E-state index contributed by atoms with van der Waals surface area (Å²) in [6, 6.07) is 7.98. The molecule has 0 saturated carbocycles. The molecular weight excluding hydrogens is 420 g/mol. The first-order chi connectivity index (χ1) is 14.8. The van der Waals surface area contributed by atoms with Crippen LogP contribution in [0.4, 0.5) is 25.8 Å². The number of benzene rings is 2. The molecule has 1 atom stereocenters. The molecule has 1 heterocycles. The van der Waals surface area contributed by atoms with E-state index in [1.54, 1.807) is 12.1 Å². The van der Waals surface area contributed by atoms with Crippen LogP contribution in [0.15, 0.2) is 51.5 Å². The van der Waals surface area contributed by atoms with Gasteiger partial charge in [0, 0.05) is 42.8 Å². The third-order valence-electron chi connectivity index (χ3n) is 5.05. The molecule has 1 aliphatic rings. The number of halogens is 2. The number of aliphatic hydroxyl groups excluding tert-OH is 1. The van der Waals surface area contributed by atoms with Crippen molar-refractivity contribution in [3.8, 4) is 0 Å². The average Bonchev–Trinajstić information content (AvgIpc) is 3.19. The molecule has 5 N–H and O–H groups in total. The van der Waals surface area contributed by atoms with E-state index < -0.39 is 5.82 Å². The number of hydrogen-bond donors (Lipinski definition) is 4. The number of nitrogens with one attached hydrogen (secondary N) is 2. The summed E-state index contributed by atoms with van der Waals surface area (Å²) in [5.41, 5.74) is 8.52. The number of nitrogens with two attached hydrogens (primary N) is 1. The lowest BCUT2D eigenvalue weighted by molar-refractivity contribution is 0.415. The molecule has 166 valence electrons. The van der Waals surface area contributed by atoms with Gasteiger partial charge in [-0.2, -0.15) is 4.40 Å². The first-order valence-electron chi connectivity index (χ1n) is 9.93. The van der Waals surface area contributed by atoms with E-state index in [-0.39, 0.29) is 17.4 Å². The second-order valence-electron chi connectivity index (χ2n) is 7.50. The zero-order valence-corrected chi connectivity index (χ0v) is 18.6. The van der Waals surface area contributed by atoms with Crippen LogP contribution in [-0.2, 0) is 0 Å². The minimum atomic E-state index is -0.459. The fraction of sp³-hybridized carbons (Fsp3) is 0.318. The number of likely N-dealkylation sites (N-methyl/N-ethyl adjacent to an activating group) is 1. The number of hydrogen-bond acceptors (Lipinski definition) is 6. The normalized spacial score (nSPS) is 17.3. The zero-order valence-electron chi connectivity index (χ0n) is 17.7. The third-order valence-corrected chi connectivity index (χ3v) is 5.86. The van der Waals surface area contributed by atoms with Crippen LogP contribution < -0.4 is 21.3 Å². The maximum atomic E-state index is 14.7. The third kappa shape index (κ3) is 5.89. The number of amidine groups is 1. The summed E-state index contributed by atoms with van der Waals surface area (Å²) in [5.74, 6) is -0.664. The van der Waals surface area contributed by atoms with Crippen molar-refractivity contribution in [1.29, 1.82) is 0 Å². The Morgan fingerprint density at radius 1 is 1.29 bits per heavy atom. The lowest BCUT2D eigenvalue weighted by Gasteiger charge is -2.23. The van der Waals surface area contributed by atoms with Crippen LogP contribution >= 0.6 is 11.9 Å². The zero-order chi connectivity index (χ0) is 22.5. The summed E-state index contributed by atoms with van der Waals surface area (Å²) in [6.07, 6.45) is 2.27. The van der Waals surface area contributed by atoms with Gasteiger partial charge in [0.2, 0.25) is 0 Å². The topological polar surface area (TPSA) is 85.9 Å². The Kier molecular flexibility index (Phi) is 7.40. The molecule has 1 fully saturated rings. The van der Waals surface area contributed by atoms with Crippen molar-refractivity contribution >= 4 is 34.8 Å². The van der Waals surface area contributed by atoms with Gasteiger partial charge in [-0.1, -0.05) is 0 Å². The predicted octanol–water partition coefficient (Wildman–Crippen LogP) is 4.64. The second kappa shape index (κ2) is 10.0. The maximum absolute atomic E-state index is 14.7. The van der Waals surface area contributed by atoms with Crippen LogP contribution in [0.25, 0.3) is 0 Å². The molecule has 0 radical (unpaired) electrons. The van der Waals surface area contributed by atoms with E-state index in [0.29, 0.717) is 22.3 Å². The van der Waals surface area contributed by atoms with Crippen LogP contribution in [0.2, 0.25) is 0 Å².